The molecule has 2 rings (SSSR count). The van der Waals surface area contributed by atoms with Gasteiger partial charge in [-0.2, -0.15) is 4.98 Å². The van der Waals surface area contributed by atoms with Crippen molar-refractivity contribution in [3.63, 3.8) is 0 Å². The fourth-order valence-electron chi connectivity index (χ4n) is 1.72. The first-order valence-corrected chi connectivity index (χ1v) is 6.23. The first kappa shape index (κ1) is 14.1. The van der Waals surface area contributed by atoms with Crippen LogP contribution < -0.4 is 5.73 Å². The summed E-state index contributed by atoms with van der Waals surface area (Å²) in [7, 11) is 0. The number of hydrogen-bond acceptors (Lipinski definition) is 6. The smallest absolute Gasteiger partial charge is 0.272 e. The average Bonchev–Trinajstić information content (AvgIpc) is 2.88. The molecule has 2 N–H and O–H groups in total. The molecule has 7 nitrogen and oxygen atoms in total. The van der Waals surface area contributed by atoms with Gasteiger partial charge in [-0.15, -0.1) is 0 Å². The van der Waals surface area contributed by atoms with Gasteiger partial charge in [0.2, 0.25) is 0 Å². The summed E-state index contributed by atoms with van der Waals surface area (Å²) in [5.74, 6) is 0.731. The van der Waals surface area contributed by atoms with Crippen LogP contribution in [0.15, 0.2) is 22.7 Å². The topological polar surface area (TPSA) is 108 Å². The average molecular weight is 276 g/mol. The third kappa shape index (κ3) is 2.53. The highest BCUT2D eigenvalue weighted by Gasteiger charge is 2.26. The molecule has 1 unspecified atom stereocenters. The van der Waals surface area contributed by atoms with E-state index in [0.717, 1.165) is 0 Å². The maximum Gasteiger partial charge on any atom is 0.272 e. The van der Waals surface area contributed by atoms with Crippen molar-refractivity contribution in [2.45, 2.75) is 32.7 Å². The number of aromatic nitrogens is 2. The van der Waals surface area contributed by atoms with E-state index in [-0.39, 0.29) is 5.69 Å². The molecule has 0 amide bonds. The first-order chi connectivity index (χ1) is 9.35. The maximum absolute atomic E-state index is 10.8. The molecule has 0 fully saturated rings. The van der Waals surface area contributed by atoms with E-state index in [1.807, 2.05) is 13.8 Å². The Morgan fingerprint density at radius 2 is 2.20 bits per heavy atom. The molecular weight excluding hydrogens is 260 g/mol. The predicted molar refractivity (Wildman–Crippen MR) is 73.0 cm³/mol. The van der Waals surface area contributed by atoms with Crippen LogP contribution in [0, 0.1) is 17.0 Å². The molecule has 0 aliphatic rings. The number of nitro benzene ring substituents is 1. The molecule has 7 heteroatoms. The van der Waals surface area contributed by atoms with Crippen LogP contribution in [0.25, 0.3) is 11.5 Å². The standard InChI is InChI=1S/C13H16N4O3/c1-4-13(3,14)12-15-11(20-16-12)9-5-6-10(17(18)19)8(2)7-9/h5-7H,4,14H2,1-3H3. The van der Waals surface area contributed by atoms with E-state index < -0.39 is 10.5 Å². The Morgan fingerprint density at radius 3 is 2.75 bits per heavy atom. The summed E-state index contributed by atoms with van der Waals surface area (Å²) in [6.07, 6.45) is 0.672. The van der Waals surface area contributed by atoms with Crippen LogP contribution in [-0.4, -0.2) is 15.1 Å². The Labute approximate surface area is 115 Å². The number of nitrogens with zero attached hydrogens (tertiary/aromatic N) is 3. The predicted octanol–water partition coefficient (Wildman–Crippen LogP) is 2.54. The van der Waals surface area contributed by atoms with Crippen LogP contribution in [0.3, 0.4) is 0 Å². The highest BCUT2D eigenvalue weighted by Crippen LogP contribution is 2.27. The molecule has 1 aromatic heterocycles. The van der Waals surface area contributed by atoms with E-state index in [2.05, 4.69) is 10.1 Å². The Hall–Kier alpha value is -2.28. The second-order valence-corrected chi connectivity index (χ2v) is 4.95. The number of aryl methyl sites for hydroxylation is 1. The third-order valence-electron chi connectivity index (χ3n) is 3.31. The highest BCUT2D eigenvalue weighted by atomic mass is 16.6. The molecule has 1 aromatic carbocycles. The Kier molecular flexibility index (Phi) is 3.54. The van der Waals surface area contributed by atoms with E-state index in [1.165, 1.54) is 6.07 Å². The Bertz CT molecular complexity index is 649. The van der Waals surface area contributed by atoms with Crippen LogP contribution in [0.1, 0.15) is 31.7 Å². The van der Waals surface area contributed by atoms with Crippen molar-refractivity contribution in [2.24, 2.45) is 5.73 Å². The summed E-state index contributed by atoms with van der Waals surface area (Å²) in [4.78, 5) is 14.6. The lowest BCUT2D eigenvalue weighted by Gasteiger charge is -2.16. The number of hydrogen-bond donors (Lipinski definition) is 1. The summed E-state index contributed by atoms with van der Waals surface area (Å²) in [5.41, 5.74) is 6.63. The molecule has 0 radical (unpaired) electrons. The number of nitro groups is 1. The summed E-state index contributed by atoms with van der Waals surface area (Å²) >= 11 is 0. The SMILES string of the molecule is CCC(C)(N)c1noc(-c2ccc([N+](=O)[O-])c(C)c2)n1. The van der Waals surface area contributed by atoms with Gasteiger partial charge in [0, 0.05) is 17.2 Å². The van der Waals surface area contributed by atoms with Gasteiger partial charge in [-0.1, -0.05) is 12.1 Å². The molecular formula is C13H16N4O3. The van der Waals surface area contributed by atoms with Gasteiger partial charge in [0.15, 0.2) is 5.82 Å². The van der Waals surface area contributed by atoms with Gasteiger partial charge >= 0.3 is 0 Å². The molecule has 0 saturated heterocycles. The molecule has 1 atom stereocenters. The van der Waals surface area contributed by atoms with Crippen molar-refractivity contribution >= 4 is 5.69 Å². The van der Waals surface area contributed by atoms with E-state index in [9.17, 15) is 10.1 Å². The van der Waals surface area contributed by atoms with Crippen molar-refractivity contribution in [1.29, 1.82) is 0 Å². The van der Waals surface area contributed by atoms with Crippen molar-refractivity contribution in [2.75, 3.05) is 0 Å². The van der Waals surface area contributed by atoms with Crippen LogP contribution in [0.4, 0.5) is 5.69 Å². The van der Waals surface area contributed by atoms with E-state index in [4.69, 9.17) is 10.3 Å². The van der Waals surface area contributed by atoms with Crippen molar-refractivity contribution in [1.82, 2.24) is 10.1 Å². The normalized spacial score (nSPS) is 14.0. The Balaban J connectivity index is 2.38. The number of rotatable bonds is 4. The van der Waals surface area contributed by atoms with Gasteiger partial charge in [0.25, 0.3) is 11.6 Å². The lowest BCUT2D eigenvalue weighted by atomic mass is 10.00. The van der Waals surface area contributed by atoms with Crippen molar-refractivity contribution in [3.05, 3.63) is 39.7 Å². The van der Waals surface area contributed by atoms with E-state index >= 15 is 0 Å². The lowest BCUT2D eigenvalue weighted by molar-refractivity contribution is -0.385. The first-order valence-electron chi connectivity index (χ1n) is 6.23. The zero-order chi connectivity index (χ0) is 14.9. The minimum Gasteiger partial charge on any atom is -0.334 e. The zero-order valence-corrected chi connectivity index (χ0v) is 11.6. The largest absolute Gasteiger partial charge is 0.334 e. The fraction of sp³-hybridized carbons (Fsp3) is 0.385. The van der Waals surface area contributed by atoms with Crippen molar-refractivity contribution in [3.8, 4) is 11.5 Å². The zero-order valence-electron chi connectivity index (χ0n) is 11.6. The number of benzene rings is 1. The van der Waals surface area contributed by atoms with Gasteiger partial charge < -0.3 is 10.3 Å². The van der Waals surface area contributed by atoms with Gasteiger partial charge in [-0.25, -0.2) is 0 Å². The maximum atomic E-state index is 10.8. The fourth-order valence-corrected chi connectivity index (χ4v) is 1.72. The summed E-state index contributed by atoms with van der Waals surface area (Å²) < 4.78 is 5.18. The van der Waals surface area contributed by atoms with Gasteiger partial charge in [-0.3, -0.25) is 10.1 Å². The highest BCUT2D eigenvalue weighted by molar-refractivity contribution is 5.58. The van der Waals surface area contributed by atoms with Crippen LogP contribution >= 0.6 is 0 Å². The van der Waals surface area contributed by atoms with E-state index in [1.54, 1.807) is 19.1 Å². The lowest BCUT2D eigenvalue weighted by Crippen LogP contribution is -2.33. The minimum atomic E-state index is -0.655. The summed E-state index contributed by atoms with van der Waals surface area (Å²) in [5, 5.41) is 14.7. The molecule has 0 bridgehead atoms. The Morgan fingerprint density at radius 1 is 1.50 bits per heavy atom. The van der Waals surface area contributed by atoms with Gasteiger partial charge in [-0.05, 0) is 32.4 Å². The quantitative estimate of drug-likeness (QED) is 0.679. The molecule has 20 heavy (non-hydrogen) atoms. The second-order valence-electron chi connectivity index (χ2n) is 4.95. The molecule has 106 valence electrons. The summed E-state index contributed by atoms with van der Waals surface area (Å²) in [6.45, 7) is 5.42. The molecule has 1 heterocycles. The molecule has 0 aliphatic carbocycles. The van der Waals surface area contributed by atoms with Crippen LogP contribution in [0.2, 0.25) is 0 Å². The van der Waals surface area contributed by atoms with Gasteiger partial charge in [0.1, 0.15) is 0 Å². The van der Waals surface area contributed by atoms with Crippen LogP contribution in [0.5, 0.6) is 0 Å². The minimum absolute atomic E-state index is 0.0608. The van der Waals surface area contributed by atoms with Crippen LogP contribution in [-0.2, 0) is 5.54 Å². The van der Waals surface area contributed by atoms with E-state index in [0.29, 0.717) is 29.3 Å². The number of nitrogens with two attached hydrogens (primary N) is 1. The summed E-state index contributed by atoms with van der Waals surface area (Å²) in [6, 6.07) is 4.66. The molecule has 0 saturated carbocycles. The molecule has 2 aromatic rings. The molecule has 0 aliphatic heterocycles. The monoisotopic (exact) mass is 276 g/mol. The third-order valence-corrected chi connectivity index (χ3v) is 3.31. The van der Waals surface area contributed by atoms with Gasteiger partial charge in [0.05, 0.1) is 10.5 Å². The van der Waals surface area contributed by atoms with Crippen molar-refractivity contribution < 1.29 is 9.45 Å². The molecule has 0 spiro atoms. The second kappa shape index (κ2) is 5.01.